The summed E-state index contributed by atoms with van der Waals surface area (Å²) in [6.07, 6.45) is 4.64. The fourth-order valence-corrected chi connectivity index (χ4v) is 4.30. The molecule has 7 nitrogen and oxygen atoms in total. The summed E-state index contributed by atoms with van der Waals surface area (Å²) >= 11 is 6.22. The van der Waals surface area contributed by atoms with E-state index < -0.39 is 22.5 Å². The Morgan fingerprint density at radius 2 is 1.87 bits per heavy atom. The van der Waals surface area contributed by atoms with Crippen LogP contribution in [-0.2, 0) is 21.4 Å². The van der Waals surface area contributed by atoms with Crippen molar-refractivity contribution in [1.82, 2.24) is 14.7 Å². The van der Waals surface area contributed by atoms with E-state index in [0.717, 1.165) is 9.87 Å². The smallest absolute Gasteiger partial charge is 0.255 e. The van der Waals surface area contributed by atoms with Crippen LogP contribution in [0.15, 0.2) is 83.1 Å². The number of benzene rings is 2. The van der Waals surface area contributed by atoms with Crippen LogP contribution < -0.4 is 5.43 Å². The van der Waals surface area contributed by atoms with Crippen LogP contribution in [0.3, 0.4) is 0 Å². The molecule has 1 N–H and O–H groups in total. The summed E-state index contributed by atoms with van der Waals surface area (Å²) in [5.41, 5.74) is 4.57. The van der Waals surface area contributed by atoms with Crippen molar-refractivity contribution in [2.24, 2.45) is 5.10 Å². The highest BCUT2D eigenvalue weighted by Crippen LogP contribution is 2.22. The van der Waals surface area contributed by atoms with E-state index in [1.165, 1.54) is 18.3 Å². The standard InChI is InChI=1S/C22H21ClN4O3S/c1-17-8-10-20(11-9-17)31(29,30)27(15-19-6-2-3-7-21(19)23)16-22(28)26-25-14-18-5-4-12-24-13-18/h2-14H,15-16H2,1H3,(H,26,28)/b25-14-. The molecule has 0 aliphatic carbocycles. The van der Waals surface area contributed by atoms with Crippen LogP contribution in [0.4, 0.5) is 0 Å². The first-order chi connectivity index (χ1) is 14.9. The number of amides is 1. The summed E-state index contributed by atoms with van der Waals surface area (Å²) in [5, 5.41) is 4.29. The number of halogens is 1. The number of nitrogens with one attached hydrogen (secondary N) is 1. The summed E-state index contributed by atoms with van der Waals surface area (Å²) in [6, 6.07) is 16.9. The van der Waals surface area contributed by atoms with E-state index in [-0.39, 0.29) is 11.4 Å². The zero-order valence-corrected chi connectivity index (χ0v) is 18.3. The fourth-order valence-electron chi connectivity index (χ4n) is 2.73. The predicted molar refractivity (Wildman–Crippen MR) is 120 cm³/mol. The van der Waals surface area contributed by atoms with Gasteiger partial charge in [-0.15, -0.1) is 0 Å². The van der Waals surface area contributed by atoms with Crippen molar-refractivity contribution in [2.75, 3.05) is 6.54 Å². The lowest BCUT2D eigenvalue weighted by molar-refractivity contribution is -0.121. The summed E-state index contributed by atoms with van der Waals surface area (Å²) in [6.45, 7) is 1.38. The molecule has 0 atom stereocenters. The van der Waals surface area contributed by atoms with E-state index in [0.29, 0.717) is 16.1 Å². The molecule has 1 aromatic heterocycles. The third-order valence-corrected chi connectivity index (χ3v) is 6.55. The molecule has 9 heteroatoms. The van der Waals surface area contributed by atoms with Crippen molar-refractivity contribution in [2.45, 2.75) is 18.4 Å². The van der Waals surface area contributed by atoms with Gasteiger partial charge in [0.1, 0.15) is 0 Å². The second-order valence-electron chi connectivity index (χ2n) is 6.76. The third-order valence-electron chi connectivity index (χ3n) is 4.37. The molecule has 1 heterocycles. The summed E-state index contributed by atoms with van der Waals surface area (Å²) < 4.78 is 27.6. The lowest BCUT2D eigenvalue weighted by Crippen LogP contribution is -2.39. The van der Waals surface area contributed by atoms with Gasteiger partial charge in [0.25, 0.3) is 5.91 Å². The first-order valence-electron chi connectivity index (χ1n) is 9.38. The number of carbonyl (C=O) groups excluding carboxylic acids is 1. The molecule has 0 aliphatic rings. The van der Waals surface area contributed by atoms with Crippen molar-refractivity contribution in [3.8, 4) is 0 Å². The van der Waals surface area contributed by atoms with Gasteiger partial charge in [-0.3, -0.25) is 9.78 Å². The minimum absolute atomic E-state index is 0.0599. The average Bonchev–Trinajstić information content (AvgIpc) is 2.76. The molecule has 31 heavy (non-hydrogen) atoms. The van der Waals surface area contributed by atoms with E-state index in [1.54, 1.807) is 60.9 Å². The van der Waals surface area contributed by atoms with Gasteiger partial charge < -0.3 is 0 Å². The highest BCUT2D eigenvalue weighted by atomic mass is 35.5. The largest absolute Gasteiger partial charge is 0.272 e. The molecular formula is C22H21ClN4O3S. The molecule has 0 bridgehead atoms. The molecule has 0 fully saturated rings. The summed E-state index contributed by atoms with van der Waals surface area (Å²) in [4.78, 5) is 16.5. The number of hydrogen-bond donors (Lipinski definition) is 1. The monoisotopic (exact) mass is 456 g/mol. The predicted octanol–water partition coefficient (Wildman–Crippen LogP) is 3.38. The Morgan fingerprint density at radius 3 is 2.55 bits per heavy atom. The van der Waals surface area contributed by atoms with Crippen LogP contribution in [0.25, 0.3) is 0 Å². The van der Waals surface area contributed by atoms with Gasteiger partial charge in [0.15, 0.2) is 0 Å². The van der Waals surface area contributed by atoms with Crippen LogP contribution in [0.2, 0.25) is 5.02 Å². The highest BCUT2D eigenvalue weighted by Gasteiger charge is 2.27. The molecule has 3 rings (SSSR count). The zero-order chi connectivity index (χ0) is 22.3. The van der Waals surface area contributed by atoms with E-state index in [9.17, 15) is 13.2 Å². The number of aryl methyl sites for hydroxylation is 1. The molecular weight excluding hydrogens is 436 g/mol. The number of carbonyl (C=O) groups is 1. The van der Waals surface area contributed by atoms with Gasteiger partial charge in [0.05, 0.1) is 17.7 Å². The first kappa shape index (κ1) is 22.6. The Hall–Kier alpha value is -3.07. The topological polar surface area (TPSA) is 91.7 Å². The quantitative estimate of drug-likeness (QED) is 0.415. The normalized spacial score (nSPS) is 11.7. The van der Waals surface area contributed by atoms with E-state index in [2.05, 4.69) is 15.5 Å². The van der Waals surface area contributed by atoms with Crippen LogP contribution in [0.1, 0.15) is 16.7 Å². The first-order valence-corrected chi connectivity index (χ1v) is 11.2. The molecule has 1 amide bonds. The maximum absolute atomic E-state index is 13.2. The Labute approximate surface area is 186 Å². The van der Waals surface area contributed by atoms with Crippen molar-refractivity contribution in [3.63, 3.8) is 0 Å². The average molecular weight is 457 g/mol. The second-order valence-corrected chi connectivity index (χ2v) is 9.10. The van der Waals surface area contributed by atoms with Gasteiger partial charge in [-0.25, -0.2) is 13.8 Å². The van der Waals surface area contributed by atoms with Crippen LogP contribution >= 0.6 is 11.6 Å². The molecule has 3 aromatic rings. The molecule has 0 saturated carbocycles. The molecule has 0 saturated heterocycles. The Bertz CT molecular complexity index is 1170. The third kappa shape index (κ3) is 6.21. The van der Waals surface area contributed by atoms with Crippen molar-refractivity contribution < 1.29 is 13.2 Å². The number of hydrazone groups is 1. The van der Waals surface area contributed by atoms with E-state index in [4.69, 9.17) is 11.6 Å². The molecule has 0 spiro atoms. The second kappa shape index (κ2) is 10.3. The molecule has 160 valence electrons. The van der Waals surface area contributed by atoms with Gasteiger partial charge >= 0.3 is 0 Å². The fraction of sp³-hybridized carbons (Fsp3) is 0.136. The SMILES string of the molecule is Cc1ccc(S(=O)(=O)N(CC(=O)N/N=C\c2cccnc2)Cc2ccccc2Cl)cc1. The van der Waals surface area contributed by atoms with Crippen molar-refractivity contribution >= 4 is 33.7 Å². The van der Waals surface area contributed by atoms with Gasteiger partial charge in [0.2, 0.25) is 10.0 Å². The lowest BCUT2D eigenvalue weighted by atomic mass is 10.2. The molecule has 2 aromatic carbocycles. The maximum atomic E-state index is 13.2. The van der Waals surface area contributed by atoms with Crippen LogP contribution in [0.5, 0.6) is 0 Å². The number of rotatable bonds is 8. The molecule has 0 radical (unpaired) electrons. The number of pyridine rings is 1. The Kier molecular flexibility index (Phi) is 7.51. The maximum Gasteiger partial charge on any atom is 0.255 e. The van der Waals surface area contributed by atoms with Gasteiger partial charge in [-0.05, 0) is 36.8 Å². The number of aromatic nitrogens is 1. The van der Waals surface area contributed by atoms with E-state index in [1.807, 2.05) is 6.92 Å². The minimum Gasteiger partial charge on any atom is -0.272 e. The lowest BCUT2D eigenvalue weighted by Gasteiger charge is -2.22. The number of hydrogen-bond acceptors (Lipinski definition) is 5. The molecule has 0 aliphatic heterocycles. The summed E-state index contributed by atoms with van der Waals surface area (Å²) in [5.74, 6) is -0.581. The number of nitrogens with zero attached hydrogens (tertiary/aromatic N) is 3. The minimum atomic E-state index is -3.95. The number of sulfonamides is 1. The van der Waals surface area contributed by atoms with Crippen molar-refractivity contribution in [3.05, 3.63) is 94.8 Å². The van der Waals surface area contributed by atoms with Gasteiger partial charge in [-0.2, -0.15) is 9.41 Å². The zero-order valence-electron chi connectivity index (χ0n) is 16.8. The van der Waals surface area contributed by atoms with Gasteiger partial charge in [0, 0.05) is 29.5 Å². The summed E-state index contributed by atoms with van der Waals surface area (Å²) in [7, 11) is -3.95. The highest BCUT2D eigenvalue weighted by molar-refractivity contribution is 7.89. The van der Waals surface area contributed by atoms with Crippen LogP contribution in [0, 0.1) is 6.92 Å². The Balaban J connectivity index is 1.81. The van der Waals surface area contributed by atoms with E-state index >= 15 is 0 Å². The van der Waals surface area contributed by atoms with Crippen molar-refractivity contribution in [1.29, 1.82) is 0 Å². The van der Waals surface area contributed by atoms with Gasteiger partial charge in [-0.1, -0.05) is 53.6 Å². The molecule has 0 unspecified atom stereocenters. The van der Waals surface area contributed by atoms with Crippen LogP contribution in [-0.4, -0.2) is 36.4 Å². The Morgan fingerprint density at radius 1 is 1.13 bits per heavy atom.